The number of para-hydroxylation sites is 1. The smallest absolute Gasteiger partial charge is 0.164 e. The largest absolute Gasteiger partial charge is 0.371 e. The molecule has 5 aromatic rings. The molecule has 3 aromatic carbocycles. The molecule has 2 aromatic heterocycles. The first-order chi connectivity index (χ1) is 18.3. The van der Waals surface area contributed by atoms with Crippen molar-refractivity contribution in [3.05, 3.63) is 96.2 Å². The van der Waals surface area contributed by atoms with E-state index in [0.29, 0.717) is 0 Å². The zero-order chi connectivity index (χ0) is 26.1. The van der Waals surface area contributed by atoms with E-state index in [1.54, 1.807) is 0 Å². The van der Waals surface area contributed by atoms with Gasteiger partial charge in [-0.25, -0.2) is 9.97 Å². The topological polar surface area (TPSA) is 34.0 Å². The van der Waals surface area contributed by atoms with Crippen LogP contribution in [0.15, 0.2) is 85.1 Å². The van der Waals surface area contributed by atoms with Crippen molar-refractivity contribution in [3.8, 4) is 28.2 Å². The van der Waals surface area contributed by atoms with Crippen molar-refractivity contribution in [2.24, 2.45) is 0 Å². The average Bonchev–Trinajstić information content (AvgIpc) is 3.32. The number of hydrogen-bond acceptors (Lipinski definition) is 3. The first kappa shape index (κ1) is 23.2. The van der Waals surface area contributed by atoms with E-state index in [-0.39, 0.29) is 10.8 Å². The van der Waals surface area contributed by atoms with E-state index < -0.39 is 0 Å². The molecular weight excluding hydrogens is 464 g/mol. The number of anilines is 1. The van der Waals surface area contributed by atoms with Gasteiger partial charge < -0.3 is 4.90 Å². The molecule has 0 radical (unpaired) electrons. The van der Waals surface area contributed by atoms with Gasteiger partial charge >= 0.3 is 0 Å². The third-order valence-electron chi connectivity index (χ3n) is 8.80. The summed E-state index contributed by atoms with van der Waals surface area (Å²) in [5.41, 5.74) is 11.0. The highest BCUT2D eigenvalue weighted by atomic mass is 15.2. The molecule has 0 atom stereocenters. The molecule has 0 N–H and O–H groups in total. The number of nitrogens with zero attached hydrogens (tertiary/aromatic N) is 4. The Kier molecular flexibility index (Phi) is 5.07. The predicted octanol–water partition coefficient (Wildman–Crippen LogP) is 7.92. The van der Waals surface area contributed by atoms with Crippen molar-refractivity contribution >= 4 is 16.9 Å². The van der Waals surface area contributed by atoms with Crippen LogP contribution in [0.3, 0.4) is 0 Å². The van der Waals surface area contributed by atoms with Gasteiger partial charge in [0.15, 0.2) is 5.65 Å². The minimum Gasteiger partial charge on any atom is -0.371 e. The maximum Gasteiger partial charge on any atom is 0.164 e. The molecule has 7 rings (SSSR count). The zero-order valence-electron chi connectivity index (χ0n) is 22.7. The second-order valence-electron chi connectivity index (χ2n) is 12.2. The van der Waals surface area contributed by atoms with E-state index >= 15 is 0 Å². The molecule has 0 unspecified atom stereocenters. The second kappa shape index (κ2) is 8.29. The Morgan fingerprint density at radius 1 is 0.711 bits per heavy atom. The molecule has 0 spiro atoms. The Bertz CT molecular complexity index is 1630. The molecule has 4 heteroatoms. The van der Waals surface area contributed by atoms with Crippen LogP contribution in [0, 0.1) is 0 Å². The molecule has 0 bridgehead atoms. The summed E-state index contributed by atoms with van der Waals surface area (Å²) in [6, 6.07) is 28.1. The van der Waals surface area contributed by atoms with Crippen LogP contribution in [0.4, 0.5) is 5.69 Å². The molecule has 2 aliphatic heterocycles. The van der Waals surface area contributed by atoms with Crippen molar-refractivity contribution < 1.29 is 0 Å². The maximum atomic E-state index is 5.24. The summed E-state index contributed by atoms with van der Waals surface area (Å²) in [5, 5.41) is 0. The van der Waals surface area contributed by atoms with Gasteiger partial charge in [0.05, 0.1) is 5.69 Å². The number of aromatic nitrogens is 3. The molecule has 0 amide bonds. The molecule has 0 aliphatic carbocycles. The van der Waals surface area contributed by atoms with Crippen LogP contribution < -0.4 is 4.90 Å². The van der Waals surface area contributed by atoms with Gasteiger partial charge in [-0.15, -0.1) is 0 Å². The molecular formula is C34H34N4. The summed E-state index contributed by atoms with van der Waals surface area (Å²) in [6.07, 6.45) is 4.20. The minimum atomic E-state index is 0.112. The van der Waals surface area contributed by atoms with Crippen LogP contribution >= 0.6 is 0 Å². The Morgan fingerprint density at radius 2 is 1.37 bits per heavy atom. The summed E-state index contributed by atoms with van der Waals surface area (Å²) >= 11 is 0. The summed E-state index contributed by atoms with van der Waals surface area (Å²) in [4.78, 5) is 12.7. The first-order valence-electron chi connectivity index (χ1n) is 13.8. The van der Waals surface area contributed by atoms with Gasteiger partial charge in [-0.05, 0) is 70.7 Å². The summed E-state index contributed by atoms with van der Waals surface area (Å²) in [5.74, 6) is 0.954. The van der Waals surface area contributed by atoms with E-state index in [9.17, 15) is 0 Å². The fourth-order valence-corrected chi connectivity index (χ4v) is 6.43. The third-order valence-corrected chi connectivity index (χ3v) is 8.80. The summed E-state index contributed by atoms with van der Waals surface area (Å²) in [6.45, 7) is 11.9. The van der Waals surface area contributed by atoms with Crippen LogP contribution in [0.1, 0.15) is 51.7 Å². The molecule has 38 heavy (non-hydrogen) atoms. The highest BCUT2D eigenvalue weighted by Crippen LogP contribution is 2.50. The van der Waals surface area contributed by atoms with Crippen molar-refractivity contribution in [2.45, 2.75) is 51.4 Å². The fourth-order valence-electron chi connectivity index (χ4n) is 6.43. The van der Waals surface area contributed by atoms with Crippen LogP contribution in [0.5, 0.6) is 0 Å². The molecule has 4 heterocycles. The fraction of sp³-hybridized carbons (Fsp3) is 0.294. The van der Waals surface area contributed by atoms with Crippen molar-refractivity contribution in [3.63, 3.8) is 0 Å². The molecule has 4 nitrogen and oxygen atoms in total. The SMILES string of the molecule is CC1(C)CCN2CCC(C)(C)c3cc(-c4nc5cccnc5n4-c4ccccc4-c4ccccc4)cc1c32. The third kappa shape index (κ3) is 3.50. The maximum absolute atomic E-state index is 5.24. The van der Waals surface area contributed by atoms with Gasteiger partial charge in [-0.3, -0.25) is 4.57 Å². The number of benzene rings is 3. The van der Waals surface area contributed by atoms with Gasteiger partial charge in [0.25, 0.3) is 0 Å². The Hall–Kier alpha value is -3.92. The van der Waals surface area contributed by atoms with Gasteiger partial charge in [0, 0.05) is 36.1 Å². The molecule has 0 saturated heterocycles. The van der Waals surface area contributed by atoms with Gasteiger partial charge in [-0.1, -0.05) is 76.2 Å². The van der Waals surface area contributed by atoms with Crippen molar-refractivity contribution in [2.75, 3.05) is 18.0 Å². The Morgan fingerprint density at radius 3 is 2.08 bits per heavy atom. The minimum absolute atomic E-state index is 0.112. The highest BCUT2D eigenvalue weighted by Gasteiger charge is 2.40. The lowest BCUT2D eigenvalue weighted by Crippen LogP contribution is -2.44. The van der Waals surface area contributed by atoms with Crippen molar-refractivity contribution in [1.29, 1.82) is 0 Å². The Labute approximate surface area is 225 Å². The molecule has 190 valence electrons. The lowest BCUT2D eigenvalue weighted by molar-refractivity contribution is 0.402. The highest BCUT2D eigenvalue weighted by molar-refractivity contribution is 5.85. The van der Waals surface area contributed by atoms with E-state index in [0.717, 1.165) is 48.6 Å². The molecule has 0 fully saturated rings. The lowest BCUT2D eigenvalue weighted by Gasteiger charge is -2.48. The second-order valence-corrected chi connectivity index (χ2v) is 12.2. The lowest BCUT2D eigenvalue weighted by atomic mass is 9.69. The summed E-state index contributed by atoms with van der Waals surface area (Å²) < 4.78 is 2.27. The number of pyridine rings is 1. The van der Waals surface area contributed by atoms with Crippen LogP contribution in [-0.4, -0.2) is 27.6 Å². The van der Waals surface area contributed by atoms with Crippen LogP contribution in [-0.2, 0) is 10.8 Å². The average molecular weight is 499 g/mol. The normalized spacial score (nSPS) is 17.4. The Balaban J connectivity index is 1.54. The van der Waals surface area contributed by atoms with E-state index in [4.69, 9.17) is 9.97 Å². The van der Waals surface area contributed by atoms with Gasteiger partial charge in [-0.2, -0.15) is 0 Å². The number of hydrogen-bond donors (Lipinski definition) is 0. The van der Waals surface area contributed by atoms with Crippen LogP contribution in [0.2, 0.25) is 0 Å². The summed E-state index contributed by atoms with van der Waals surface area (Å²) in [7, 11) is 0. The van der Waals surface area contributed by atoms with Crippen LogP contribution in [0.25, 0.3) is 39.4 Å². The zero-order valence-corrected chi connectivity index (χ0v) is 22.7. The molecule has 2 aliphatic rings. The van der Waals surface area contributed by atoms with E-state index in [2.05, 4.69) is 110 Å². The predicted molar refractivity (Wildman–Crippen MR) is 157 cm³/mol. The van der Waals surface area contributed by atoms with E-state index in [1.165, 1.54) is 33.5 Å². The monoisotopic (exact) mass is 498 g/mol. The first-order valence-corrected chi connectivity index (χ1v) is 13.8. The van der Waals surface area contributed by atoms with Gasteiger partial charge in [0.2, 0.25) is 0 Å². The standard InChI is InChI=1S/C34H34N4/c1-33(2)16-19-37-20-17-34(3,4)27-22-24(21-26(33)30(27)37)31-36-28-14-10-18-35-32(28)38(31)29-15-9-8-13-25(29)23-11-6-5-7-12-23/h5-15,18,21-22H,16-17,19-20H2,1-4H3. The number of fused-ring (bicyclic) bond motifs is 1. The molecule has 0 saturated carbocycles. The number of imidazole rings is 1. The van der Waals surface area contributed by atoms with Crippen molar-refractivity contribution in [1.82, 2.24) is 14.5 Å². The quantitative estimate of drug-likeness (QED) is 0.253. The van der Waals surface area contributed by atoms with Gasteiger partial charge in [0.1, 0.15) is 11.3 Å². The van der Waals surface area contributed by atoms with E-state index in [1.807, 2.05) is 12.3 Å². The number of rotatable bonds is 3.